The third kappa shape index (κ3) is 4.06. The Kier molecular flexibility index (Phi) is 5.37. The van der Waals surface area contributed by atoms with Gasteiger partial charge in [-0.15, -0.1) is 0 Å². The van der Waals surface area contributed by atoms with Crippen LogP contribution in [0.4, 0.5) is 4.39 Å². The first-order valence-electron chi connectivity index (χ1n) is 9.44. The first-order valence-corrected chi connectivity index (χ1v) is 9.44. The number of likely N-dealkylation sites (tertiary alicyclic amines) is 1. The summed E-state index contributed by atoms with van der Waals surface area (Å²) in [4.78, 5) is 27.8. The van der Waals surface area contributed by atoms with Gasteiger partial charge >= 0.3 is 0 Å². The molecule has 5 nitrogen and oxygen atoms in total. The summed E-state index contributed by atoms with van der Waals surface area (Å²) in [7, 11) is 0. The molecule has 28 heavy (non-hydrogen) atoms. The molecule has 1 unspecified atom stereocenters. The standard InChI is InChI=1S/C22H21FN4O/c23-19-7-5-17(6-8-19)21-22(26-11-10-25-21)18-4-2-12-27(15-18)20(28)13-16-3-1-9-24-14-16/h1,3,5-11,14,18H,2,4,12-13,15H2. The van der Waals surface area contributed by atoms with Crippen LogP contribution in [-0.2, 0) is 11.2 Å². The highest BCUT2D eigenvalue weighted by Gasteiger charge is 2.28. The average Bonchev–Trinajstić information content (AvgIpc) is 2.75. The lowest BCUT2D eigenvalue weighted by atomic mass is 9.91. The van der Waals surface area contributed by atoms with Crippen molar-refractivity contribution in [3.8, 4) is 11.3 Å². The molecule has 0 saturated carbocycles. The van der Waals surface area contributed by atoms with Crippen LogP contribution in [0.5, 0.6) is 0 Å². The molecule has 0 spiro atoms. The monoisotopic (exact) mass is 376 g/mol. The zero-order chi connectivity index (χ0) is 19.3. The Morgan fingerprint density at radius 2 is 1.93 bits per heavy atom. The minimum Gasteiger partial charge on any atom is -0.342 e. The number of amides is 1. The first-order chi connectivity index (χ1) is 13.7. The van der Waals surface area contributed by atoms with Gasteiger partial charge < -0.3 is 4.90 Å². The Morgan fingerprint density at radius 3 is 2.71 bits per heavy atom. The predicted molar refractivity (Wildman–Crippen MR) is 104 cm³/mol. The van der Waals surface area contributed by atoms with Crippen molar-refractivity contribution in [2.75, 3.05) is 13.1 Å². The van der Waals surface area contributed by atoms with Crippen molar-refractivity contribution in [3.05, 3.63) is 78.3 Å². The molecule has 0 radical (unpaired) electrons. The van der Waals surface area contributed by atoms with Crippen molar-refractivity contribution < 1.29 is 9.18 Å². The van der Waals surface area contributed by atoms with E-state index >= 15 is 0 Å². The van der Waals surface area contributed by atoms with Crippen LogP contribution in [0, 0.1) is 5.82 Å². The molecule has 1 amide bonds. The minimum atomic E-state index is -0.279. The second-order valence-corrected chi connectivity index (χ2v) is 7.01. The van der Waals surface area contributed by atoms with E-state index < -0.39 is 0 Å². The van der Waals surface area contributed by atoms with E-state index in [1.54, 1.807) is 36.9 Å². The van der Waals surface area contributed by atoms with Crippen LogP contribution in [-0.4, -0.2) is 38.8 Å². The van der Waals surface area contributed by atoms with Crippen molar-refractivity contribution in [1.29, 1.82) is 0 Å². The van der Waals surface area contributed by atoms with Crippen LogP contribution < -0.4 is 0 Å². The molecule has 3 aromatic rings. The minimum absolute atomic E-state index is 0.102. The highest BCUT2D eigenvalue weighted by atomic mass is 19.1. The maximum atomic E-state index is 13.3. The second kappa shape index (κ2) is 8.25. The van der Waals surface area contributed by atoms with E-state index in [0.29, 0.717) is 13.0 Å². The number of aromatic nitrogens is 3. The maximum absolute atomic E-state index is 13.3. The van der Waals surface area contributed by atoms with E-state index in [-0.39, 0.29) is 17.6 Å². The number of hydrogen-bond acceptors (Lipinski definition) is 4. The number of hydrogen-bond donors (Lipinski definition) is 0. The molecule has 1 atom stereocenters. The van der Waals surface area contributed by atoms with Gasteiger partial charge in [-0.3, -0.25) is 19.7 Å². The number of carbonyl (C=O) groups excluding carboxylic acids is 1. The molecule has 0 aliphatic carbocycles. The summed E-state index contributed by atoms with van der Waals surface area (Å²) < 4.78 is 13.3. The van der Waals surface area contributed by atoms with Crippen molar-refractivity contribution in [1.82, 2.24) is 19.9 Å². The lowest BCUT2D eigenvalue weighted by Crippen LogP contribution is -2.40. The highest BCUT2D eigenvalue weighted by molar-refractivity contribution is 5.79. The largest absolute Gasteiger partial charge is 0.342 e. The fourth-order valence-electron chi connectivity index (χ4n) is 3.69. The average molecular weight is 376 g/mol. The maximum Gasteiger partial charge on any atom is 0.227 e. The number of carbonyl (C=O) groups is 1. The SMILES string of the molecule is O=C(Cc1cccnc1)N1CCCC(c2nccnc2-c2ccc(F)cc2)C1. The number of rotatable bonds is 4. The Morgan fingerprint density at radius 1 is 1.11 bits per heavy atom. The zero-order valence-corrected chi connectivity index (χ0v) is 15.5. The molecule has 0 bridgehead atoms. The Bertz CT molecular complexity index is 946. The van der Waals surface area contributed by atoms with E-state index in [1.165, 1.54) is 12.1 Å². The Hall–Kier alpha value is -3.15. The molecule has 1 fully saturated rings. The van der Waals surface area contributed by atoms with Gasteiger partial charge in [0.1, 0.15) is 5.82 Å². The summed E-state index contributed by atoms with van der Waals surface area (Å²) in [6.07, 6.45) is 8.98. The Balaban J connectivity index is 1.54. The summed E-state index contributed by atoms with van der Waals surface area (Å²) in [6, 6.07) is 10.1. The lowest BCUT2D eigenvalue weighted by molar-refractivity contribution is -0.131. The van der Waals surface area contributed by atoms with Gasteiger partial charge in [0, 0.05) is 49.4 Å². The van der Waals surface area contributed by atoms with Crippen LogP contribution >= 0.6 is 0 Å². The molecule has 1 saturated heterocycles. The molecule has 0 N–H and O–H groups in total. The number of benzene rings is 1. The molecular formula is C22H21FN4O. The fourth-order valence-corrected chi connectivity index (χ4v) is 3.69. The van der Waals surface area contributed by atoms with E-state index in [0.717, 1.165) is 41.9 Å². The molecule has 142 valence electrons. The second-order valence-electron chi connectivity index (χ2n) is 7.01. The van der Waals surface area contributed by atoms with Crippen LogP contribution in [0.2, 0.25) is 0 Å². The molecule has 3 heterocycles. The van der Waals surface area contributed by atoms with Crippen molar-refractivity contribution in [2.24, 2.45) is 0 Å². The summed E-state index contributed by atoms with van der Waals surface area (Å²) in [5.74, 6) is -0.0655. The molecule has 2 aromatic heterocycles. The number of nitrogens with zero attached hydrogens (tertiary/aromatic N) is 4. The molecule has 6 heteroatoms. The molecule has 4 rings (SSSR count). The Labute approximate surface area is 163 Å². The summed E-state index contributed by atoms with van der Waals surface area (Å²) in [5.41, 5.74) is 3.38. The van der Waals surface area contributed by atoms with Crippen LogP contribution in [0.3, 0.4) is 0 Å². The van der Waals surface area contributed by atoms with Crippen LogP contribution in [0.1, 0.15) is 30.0 Å². The van der Waals surface area contributed by atoms with Crippen LogP contribution in [0.15, 0.2) is 61.2 Å². The summed E-state index contributed by atoms with van der Waals surface area (Å²) in [6.45, 7) is 1.37. The zero-order valence-electron chi connectivity index (χ0n) is 15.5. The van der Waals surface area contributed by atoms with E-state index in [1.807, 2.05) is 17.0 Å². The molecule has 1 aliphatic heterocycles. The van der Waals surface area contributed by atoms with E-state index in [4.69, 9.17) is 0 Å². The van der Waals surface area contributed by atoms with Crippen molar-refractivity contribution >= 4 is 5.91 Å². The number of pyridine rings is 1. The van der Waals surface area contributed by atoms with Gasteiger partial charge in [0.25, 0.3) is 0 Å². The smallest absolute Gasteiger partial charge is 0.227 e. The van der Waals surface area contributed by atoms with Gasteiger partial charge in [0.05, 0.1) is 17.8 Å². The van der Waals surface area contributed by atoms with E-state index in [9.17, 15) is 9.18 Å². The van der Waals surface area contributed by atoms with Crippen molar-refractivity contribution in [2.45, 2.75) is 25.2 Å². The van der Waals surface area contributed by atoms with Gasteiger partial charge in [0.2, 0.25) is 5.91 Å². The van der Waals surface area contributed by atoms with Gasteiger partial charge in [-0.25, -0.2) is 4.39 Å². The summed E-state index contributed by atoms with van der Waals surface area (Å²) in [5, 5.41) is 0. The van der Waals surface area contributed by atoms with Gasteiger partial charge in [-0.05, 0) is 48.7 Å². The third-order valence-corrected chi connectivity index (χ3v) is 5.08. The molecule has 1 aliphatic rings. The first kappa shape index (κ1) is 18.2. The third-order valence-electron chi connectivity index (χ3n) is 5.08. The highest BCUT2D eigenvalue weighted by Crippen LogP contribution is 2.32. The van der Waals surface area contributed by atoms with E-state index in [2.05, 4.69) is 15.0 Å². The van der Waals surface area contributed by atoms with Gasteiger partial charge in [-0.2, -0.15) is 0 Å². The fraction of sp³-hybridized carbons (Fsp3) is 0.273. The van der Waals surface area contributed by atoms with Gasteiger partial charge in [0.15, 0.2) is 0 Å². The quantitative estimate of drug-likeness (QED) is 0.698. The number of halogens is 1. The predicted octanol–water partition coefficient (Wildman–Crippen LogP) is 3.63. The molecular weight excluding hydrogens is 355 g/mol. The number of piperidine rings is 1. The topological polar surface area (TPSA) is 59.0 Å². The summed E-state index contributed by atoms with van der Waals surface area (Å²) >= 11 is 0. The molecule has 1 aromatic carbocycles. The lowest BCUT2D eigenvalue weighted by Gasteiger charge is -2.33. The van der Waals surface area contributed by atoms with Crippen molar-refractivity contribution in [3.63, 3.8) is 0 Å². The normalized spacial score (nSPS) is 16.8. The van der Waals surface area contributed by atoms with Gasteiger partial charge in [-0.1, -0.05) is 6.07 Å². The van der Waals surface area contributed by atoms with Crippen LogP contribution in [0.25, 0.3) is 11.3 Å².